The summed E-state index contributed by atoms with van der Waals surface area (Å²) in [5, 5.41) is 13.8. The number of aliphatic hydroxyl groups is 1. The van der Waals surface area contributed by atoms with Gasteiger partial charge in [0.15, 0.2) is 0 Å². The van der Waals surface area contributed by atoms with Gasteiger partial charge in [0, 0.05) is 12.4 Å². The van der Waals surface area contributed by atoms with E-state index >= 15 is 0 Å². The molecule has 4 heteroatoms. The second-order valence-electron chi connectivity index (χ2n) is 3.30. The van der Waals surface area contributed by atoms with Crippen LogP contribution in [0.3, 0.4) is 0 Å². The van der Waals surface area contributed by atoms with E-state index in [1.54, 1.807) is 35.3 Å². The van der Waals surface area contributed by atoms with Gasteiger partial charge in [-0.15, -0.1) is 0 Å². The average molecular weight is 206 g/mol. The second kappa shape index (κ2) is 4.23. The van der Waals surface area contributed by atoms with E-state index < -0.39 is 6.10 Å². The molecule has 1 N–H and O–H groups in total. The Kier molecular flexibility index (Phi) is 2.78. The van der Waals surface area contributed by atoms with Crippen molar-refractivity contribution in [2.75, 3.05) is 0 Å². The second-order valence-corrected chi connectivity index (χ2v) is 3.30. The molecule has 0 radical (unpaired) electrons. The highest BCUT2D eigenvalue weighted by molar-refractivity contribution is 5.18. The van der Waals surface area contributed by atoms with E-state index in [2.05, 4.69) is 5.10 Å². The van der Waals surface area contributed by atoms with E-state index in [1.165, 1.54) is 12.1 Å². The zero-order valence-corrected chi connectivity index (χ0v) is 8.05. The van der Waals surface area contributed by atoms with Crippen molar-refractivity contribution in [1.29, 1.82) is 0 Å². The fourth-order valence-corrected chi connectivity index (χ4v) is 1.38. The van der Waals surface area contributed by atoms with Crippen molar-refractivity contribution in [2.45, 2.75) is 12.6 Å². The molecule has 0 saturated carbocycles. The summed E-state index contributed by atoms with van der Waals surface area (Å²) in [4.78, 5) is 0. The van der Waals surface area contributed by atoms with E-state index in [1.807, 2.05) is 0 Å². The van der Waals surface area contributed by atoms with Crippen LogP contribution in [-0.2, 0) is 6.54 Å². The lowest BCUT2D eigenvalue weighted by Gasteiger charge is -2.10. The zero-order valence-electron chi connectivity index (χ0n) is 8.05. The predicted octanol–water partition coefficient (Wildman–Crippen LogP) is 1.76. The smallest absolute Gasteiger partial charge is 0.123 e. The Morgan fingerprint density at radius 2 is 2.07 bits per heavy atom. The Hall–Kier alpha value is -1.68. The van der Waals surface area contributed by atoms with Crippen LogP contribution in [0.15, 0.2) is 42.7 Å². The molecule has 3 nitrogen and oxygen atoms in total. The first-order valence-corrected chi connectivity index (χ1v) is 4.66. The van der Waals surface area contributed by atoms with Crippen molar-refractivity contribution in [3.8, 4) is 0 Å². The Balaban J connectivity index is 2.08. The maximum atomic E-state index is 12.6. The zero-order chi connectivity index (χ0) is 10.7. The van der Waals surface area contributed by atoms with Crippen molar-refractivity contribution in [1.82, 2.24) is 9.78 Å². The van der Waals surface area contributed by atoms with Gasteiger partial charge in [0.2, 0.25) is 0 Å². The number of aromatic nitrogens is 2. The summed E-state index contributed by atoms with van der Waals surface area (Å²) >= 11 is 0. The summed E-state index contributed by atoms with van der Waals surface area (Å²) in [6.45, 7) is 0.374. The summed E-state index contributed by atoms with van der Waals surface area (Å²) in [6, 6.07) is 7.60. The normalized spacial score (nSPS) is 12.7. The van der Waals surface area contributed by atoms with Gasteiger partial charge >= 0.3 is 0 Å². The molecule has 1 atom stereocenters. The standard InChI is InChI=1S/C11H11FN2O/c12-10-4-2-9(3-5-10)11(15)8-14-7-1-6-13-14/h1-7,11,15H,8H2/t11-/m0/s1. The molecule has 1 heterocycles. The van der Waals surface area contributed by atoms with Crippen LogP contribution in [0.4, 0.5) is 4.39 Å². The third-order valence-corrected chi connectivity index (χ3v) is 2.17. The quantitative estimate of drug-likeness (QED) is 0.830. The van der Waals surface area contributed by atoms with Crippen LogP contribution < -0.4 is 0 Å². The van der Waals surface area contributed by atoms with Crippen molar-refractivity contribution in [2.24, 2.45) is 0 Å². The Morgan fingerprint density at radius 3 is 2.67 bits per heavy atom. The SMILES string of the molecule is O[C@@H](Cn1cccn1)c1ccc(F)cc1. The molecule has 78 valence electrons. The van der Waals surface area contributed by atoms with Crippen molar-refractivity contribution < 1.29 is 9.50 Å². The molecule has 0 saturated heterocycles. The maximum absolute atomic E-state index is 12.6. The average Bonchev–Trinajstić information content (AvgIpc) is 2.71. The van der Waals surface area contributed by atoms with E-state index in [4.69, 9.17) is 0 Å². The summed E-state index contributed by atoms with van der Waals surface area (Å²) in [6.07, 6.45) is 2.76. The molecule has 0 unspecified atom stereocenters. The van der Waals surface area contributed by atoms with Crippen molar-refractivity contribution in [3.05, 3.63) is 54.1 Å². The van der Waals surface area contributed by atoms with Gasteiger partial charge < -0.3 is 5.11 Å². The molecule has 0 aliphatic rings. The monoisotopic (exact) mass is 206 g/mol. The molecular formula is C11H11FN2O. The van der Waals surface area contributed by atoms with Gasteiger partial charge in [-0.3, -0.25) is 4.68 Å². The fraction of sp³-hybridized carbons (Fsp3) is 0.182. The minimum Gasteiger partial charge on any atom is -0.386 e. The van der Waals surface area contributed by atoms with Crippen LogP contribution in [0, 0.1) is 5.82 Å². The number of hydrogen-bond acceptors (Lipinski definition) is 2. The molecular weight excluding hydrogens is 195 g/mol. The molecule has 0 aliphatic heterocycles. The first-order chi connectivity index (χ1) is 7.25. The predicted molar refractivity (Wildman–Crippen MR) is 53.6 cm³/mol. The van der Waals surface area contributed by atoms with Crippen LogP contribution in [0.5, 0.6) is 0 Å². The van der Waals surface area contributed by atoms with Gasteiger partial charge in [-0.25, -0.2) is 4.39 Å². The molecule has 2 aromatic rings. The number of benzene rings is 1. The molecule has 0 aliphatic carbocycles. The van der Waals surface area contributed by atoms with Crippen LogP contribution in [0.1, 0.15) is 11.7 Å². The molecule has 15 heavy (non-hydrogen) atoms. The molecule has 0 fully saturated rings. The Bertz CT molecular complexity index is 411. The maximum Gasteiger partial charge on any atom is 0.123 e. The third-order valence-electron chi connectivity index (χ3n) is 2.17. The van der Waals surface area contributed by atoms with Gasteiger partial charge in [-0.05, 0) is 23.8 Å². The summed E-state index contributed by atoms with van der Waals surface area (Å²) in [5.41, 5.74) is 0.687. The Morgan fingerprint density at radius 1 is 1.33 bits per heavy atom. The number of nitrogens with zero attached hydrogens (tertiary/aromatic N) is 2. The number of hydrogen-bond donors (Lipinski definition) is 1. The van der Waals surface area contributed by atoms with Crippen LogP contribution in [0.2, 0.25) is 0 Å². The number of aliphatic hydroxyl groups excluding tert-OH is 1. The van der Waals surface area contributed by atoms with Gasteiger partial charge in [0.1, 0.15) is 5.82 Å². The van der Waals surface area contributed by atoms with Crippen molar-refractivity contribution in [3.63, 3.8) is 0 Å². The molecule has 0 spiro atoms. The third kappa shape index (κ3) is 2.41. The highest BCUT2D eigenvalue weighted by Gasteiger charge is 2.08. The lowest BCUT2D eigenvalue weighted by molar-refractivity contribution is 0.151. The minimum absolute atomic E-state index is 0.301. The van der Waals surface area contributed by atoms with Gasteiger partial charge in [0.25, 0.3) is 0 Å². The minimum atomic E-state index is -0.662. The molecule has 2 rings (SSSR count). The molecule has 1 aromatic heterocycles. The van der Waals surface area contributed by atoms with Crippen molar-refractivity contribution >= 4 is 0 Å². The first kappa shape index (κ1) is 9.86. The molecule has 0 amide bonds. The lowest BCUT2D eigenvalue weighted by atomic mass is 10.1. The summed E-state index contributed by atoms with van der Waals surface area (Å²) in [5.74, 6) is -0.301. The van der Waals surface area contributed by atoms with E-state index in [0.717, 1.165) is 0 Å². The molecule has 1 aromatic carbocycles. The highest BCUT2D eigenvalue weighted by Crippen LogP contribution is 2.14. The van der Waals surface area contributed by atoms with Gasteiger partial charge in [0.05, 0.1) is 12.6 Å². The summed E-state index contributed by atoms with van der Waals surface area (Å²) in [7, 11) is 0. The van der Waals surface area contributed by atoms with Gasteiger partial charge in [-0.1, -0.05) is 12.1 Å². The van der Waals surface area contributed by atoms with E-state index in [9.17, 15) is 9.50 Å². The fourth-order valence-electron chi connectivity index (χ4n) is 1.38. The van der Waals surface area contributed by atoms with E-state index in [0.29, 0.717) is 12.1 Å². The van der Waals surface area contributed by atoms with Crippen LogP contribution in [-0.4, -0.2) is 14.9 Å². The van der Waals surface area contributed by atoms with Gasteiger partial charge in [-0.2, -0.15) is 5.10 Å². The van der Waals surface area contributed by atoms with Crippen LogP contribution in [0.25, 0.3) is 0 Å². The lowest BCUT2D eigenvalue weighted by Crippen LogP contribution is -2.08. The summed E-state index contributed by atoms with van der Waals surface area (Å²) < 4.78 is 14.3. The first-order valence-electron chi connectivity index (χ1n) is 4.66. The Labute approximate surface area is 86.8 Å². The highest BCUT2D eigenvalue weighted by atomic mass is 19.1. The largest absolute Gasteiger partial charge is 0.386 e. The topological polar surface area (TPSA) is 38.0 Å². The van der Waals surface area contributed by atoms with Crippen LogP contribution >= 0.6 is 0 Å². The number of rotatable bonds is 3. The number of halogens is 1. The molecule has 0 bridgehead atoms. The van der Waals surface area contributed by atoms with E-state index in [-0.39, 0.29) is 5.82 Å².